The van der Waals surface area contributed by atoms with Crippen molar-refractivity contribution in [1.29, 1.82) is 0 Å². The molecule has 2 fully saturated rings. The average molecular weight is 518 g/mol. The van der Waals surface area contributed by atoms with Gasteiger partial charge in [-0.1, -0.05) is 42.5 Å². The monoisotopic (exact) mass is 517 g/mol. The zero-order chi connectivity index (χ0) is 26.3. The minimum absolute atomic E-state index is 0.0206. The molecule has 202 valence electrons. The molecule has 0 radical (unpaired) electrons. The van der Waals surface area contributed by atoms with Crippen LogP contribution in [0.2, 0.25) is 0 Å². The number of anilines is 1. The fourth-order valence-corrected chi connectivity index (χ4v) is 6.00. The van der Waals surface area contributed by atoms with E-state index < -0.39 is 0 Å². The van der Waals surface area contributed by atoms with Crippen LogP contribution >= 0.6 is 0 Å². The maximum atomic E-state index is 13.0. The van der Waals surface area contributed by atoms with Crippen molar-refractivity contribution in [3.05, 3.63) is 66.2 Å². The SMILES string of the molecule is COc1cc(NC(=O)CC[C@H]2CN(Cc3cccc4ccccc34)CC[C@H]2N2CCOCC2)cc(OC)c1. The molecule has 0 spiro atoms. The number of nitrogens with one attached hydrogen (secondary N) is 1. The summed E-state index contributed by atoms with van der Waals surface area (Å²) in [5, 5.41) is 5.67. The minimum atomic E-state index is 0.0206. The van der Waals surface area contributed by atoms with E-state index in [0.29, 0.717) is 35.6 Å². The molecular formula is C31H39N3O4. The van der Waals surface area contributed by atoms with Crippen LogP contribution in [0, 0.1) is 5.92 Å². The Morgan fingerprint density at radius 3 is 2.47 bits per heavy atom. The van der Waals surface area contributed by atoms with E-state index in [1.807, 2.05) is 12.1 Å². The predicted octanol–water partition coefficient (Wildman–Crippen LogP) is 4.80. The number of ether oxygens (including phenoxy) is 3. The van der Waals surface area contributed by atoms with Crippen molar-refractivity contribution < 1.29 is 19.0 Å². The average Bonchev–Trinajstić information content (AvgIpc) is 2.96. The first-order chi connectivity index (χ1) is 18.6. The Balaban J connectivity index is 1.26. The van der Waals surface area contributed by atoms with Crippen molar-refractivity contribution in [3.8, 4) is 11.5 Å². The second kappa shape index (κ2) is 12.6. The molecule has 2 aliphatic rings. The van der Waals surface area contributed by atoms with E-state index >= 15 is 0 Å². The van der Waals surface area contributed by atoms with Gasteiger partial charge in [0.2, 0.25) is 5.91 Å². The molecule has 5 rings (SSSR count). The fourth-order valence-electron chi connectivity index (χ4n) is 6.00. The van der Waals surface area contributed by atoms with Gasteiger partial charge in [0.05, 0.1) is 27.4 Å². The van der Waals surface area contributed by atoms with Crippen molar-refractivity contribution in [2.75, 3.05) is 58.9 Å². The largest absolute Gasteiger partial charge is 0.497 e. The lowest BCUT2D eigenvalue weighted by molar-refractivity contribution is -0.116. The topological polar surface area (TPSA) is 63.3 Å². The zero-order valence-electron chi connectivity index (χ0n) is 22.5. The van der Waals surface area contributed by atoms with Gasteiger partial charge in [-0.15, -0.1) is 0 Å². The van der Waals surface area contributed by atoms with Crippen molar-refractivity contribution >= 4 is 22.4 Å². The Hall–Kier alpha value is -3.13. The first-order valence-electron chi connectivity index (χ1n) is 13.7. The molecule has 0 unspecified atom stereocenters. The molecule has 3 aromatic rings. The Labute approximate surface area is 225 Å². The van der Waals surface area contributed by atoms with Crippen LogP contribution in [-0.2, 0) is 16.1 Å². The summed E-state index contributed by atoms with van der Waals surface area (Å²) in [5.74, 6) is 1.75. The molecule has 7 nitrogen and oxygen atoms in total. The highest BCUT2D eigenvalue weighted by Gasteiger charge is 2.34. The van der Waals surface area contributed by atoms with Gasteiger partial charge in [0.15, 0.2) is 0 Å². The van der Waals surface area contributed by atoms with Gasteiger partial charge in [0.1, 0.15) is 11.5 Å². The number of methoxy groups -OCH3 is 2. The standard InChI is InChI=1S/C31H39N3O4/c1-36-27-18-26(19-28(20-27)37-2)32-31(35)11-10-25-22-33(13-12-30(25)34-14-16-38-17-15-34)21-24-8-5-7-23-6-3-4-9-29(23)24/h3-9,18-20,25,30H,10-17,21-22H2,1-2H3,(H,32,35)/t25-,30+/m0/s1. The number of nitrogens with zero attached hydrogens (tertiary/aromatic N) is 2. The maximum absolute atomic E-state index is 13.0. The van der Waals surface area contributed by atoms with Crippen LogP contribution in [0.15, 0.2) is 60.7 Å². The molecule has 2 aliphatic heterocycles. The number of hydrogen-bond donors (Lipinski definition) is 1. The Kier molecular flexibility index (Phi) is 8.79. The quantitative estimate of drug-likeness (QED) is 0.440. The molecule has 38 heavy (non-hydrogen) atoms. The highest BCUT2D eigenvalue weighted by Crippen LogP contribution is 2.30. The van der Waals surface area contributed by atoms with Gasteiger partial charge in [-0.2, -0.15) is 0 Å². The van der Waals surface area contributed by atoms with Gasteiger partial charge in [-0.25, -0.2) is 0 Å². The maximum Gasteiger partial charge on any atom is 0.224 e. The molecule has 2 heterocycles. The van der Waals surface area contributed by atoms with Crippen molar-refractivity contribution in [1.82, 2.24) is 9.80 Å². The summed E-state index contributed by atoms with van der Waals surface area (Å²) in [6.07, 6.45) is 2.44. The molecular weight excluding hydrogens is 478 g/mol. The summed E-state index contributed by atoms with van der Waals surface area (Å²) in [7, 11) is 3.22. The van der Waals surface area contributed by atoms with E-state index in [2.05, 4.69) is 57.6 Å². The summed E-state index contributed by atoms with van der Waals surface area (Å²) in [6.45, 7) is 6.52. The number of hydrogen-bond acceptors (Lipinski definition) is 6. The van der Waals surface area contributed by atoms with Crippen LogP contribution in [-0.4, -0.2) is 75.4 Å². The number of amides is 1. The fraction of sp³-hybridized carbons (Fsp3) is 0.452. The lowest BCUT2D eigenvalue weighted by Gasteiger charge is -2.45. The number of benzene rings is 3. The number of morpholine rings is 1. The molecule has 0 aromatic heterocycles. The van der Waals surface area contributed by atoms with E-state index in [9.17, 15) is 4.79 Å². The first kappa shape index (κ1) is 26.5. The summed E-state index contributed by atoms with van der Waals surface area (Å²) < 4.78 is 16.3. The minimum Gasteiger partial charge on any atom is -0.497 e. The van der Waals surface area contributed by atoms with Crippen LogP contribution in [0.1, 0.15) is 24.8 Å². The molecule has 0 aliphatic carbocycles. The van der Waals surface area contributed by atoms with Crippen LogP contribution in [0.3, 0.4) is 0 Å². The zero-order valence-corrected chi connectivity index (χ0v) is 22.5. The Morgan fingerprint density at radius 1 is 0.974 bits per heavy atom. The number of carbonyl (C=O) groups is 1. The van der Waals surface area contributed by atoms with Crippen LogP contribution in [0.25, 0.3) is 10.8 Å². The van der Waals surface area contributed by atoms with Gasteiger partial charge in [0, 0.05) is 62.5 Å². The highest BCUT2D eigenvalue weighted by molar-refractivity contribution is 5.91. The van der Waals surface area contributed by atoms with Crippen molar-refractivity contribution in [2.24, 2.45) is 5.92 Å². The third kappa shape index (κ3) is 6.46. The van der Waals surface area contributed by atoms with Gasteiger partial charge in [0.25, 0.3) is 0 Å². The highest BCUT2D eigenvalue weighted by atomic mass is 16.5. The second-order valence-corrected chi connectivity index (χ2v) is 10.3. The summed E-state index contributed by atoms with van der Waals surface area (Å²) in [4.78, 5) is 18.2. The van der Waals surface area contributed by atoms with E-state index in [-0.39, 0.29) is 5.91 Å². The van der Waals surface area contributed by atoms with E-state index in [1.165, 1.54) is 16.3 Å². The van der Waals surface area contributed by atoms with Crippen LogP contribution in [0.4, 0.5) is 5.69 Å². The van der Waals surface area contributed by atoms with Crippen molar-refractivity contribution in [2.45, 2.75) is 31.8 Å². The number of carbonyl (C=O) groups excluding carboxylic acids is 1. The van der Waals surface area contributed by atoms with Crippen LogP contribution in [0.5, 0.6) is 11.5 Å². The van der Waals surface area contributed by atoms with E-state index in [0.717, 1.165) is 58.8 Å². The lowest BCUT2D eigenvalue weighted by atomic mass is 9.86. The number of likely N-dealkylation sites (tertiary alicyclic amines) is 1. The number of piperidine rings is 1. The normalized spacial score (nSPS) is 20.8. The smallest absolute Gasteiger partial charge is 0.224 e. The van der Waals surface area contributed by atoms with Crippen LogP contribution < -0.4 is 14.8 Å². The summed E-state index contributed by atoms with van der Waals surface area (Å²) >= 11 is 0. The van der Waals surface area contributed by atoms with E-state index in [4.69, 9.17) is 14.2 Å². The molecule has 2 saturated heterocycles. The third-order valence-corrected chi connectivity index (χ3v) is 7.94. The molecule has 0 bridgehead atoms. The molecule has 3 aromatic carbocycles. The van der Waals surface area contributed by atoms with Gasteiger partial charge < -0.3 is 19.5 Å². The number of fused-ring (bicyclic) bond motifs is 1. The van der Waals surface area contributed by atoms with Crippen molar-refractivity contribution in [3.63, 3.8) is 0 Å². The lowest BCUT2D eigenvalue weighted by Crippen LogP contribution is -2.53. The van der Waals surface area contributed by atoms with E-state index in [1.54, 1.807) is 20.3 Å². The summed E-state index contributed by atoms with van der Waals surface area (Å²) in [5.41, 5.74) is 2.06. The number of rotatable bonds is 9. The first-order valence-corrected chi connectivity index (χ1v) is 13.7. The Bertz CT molecular complexity index is 1200. The van der Waals surface area contributed by atoms with Gasteiger partial charge in [-0.05, 0) is 41.6 Å². The summed E-state index contributed by atoms with van der Waals surface area (Å²) in [6, 6.07) is 21.1. The second-order valence-electron chi connectivity index (χ2n) is 10.3. The molecule has 2 atom stereocenters. The van der Waals surface area contributed by atoms with Gasteiger partial charge >= 0.3 is 0 Å². The predicted molar refractivity (Wildman–Crippen MR) is 151 cm³/mol. The molecule has 7 heteroatoms. The molecule has 1 N–H and O–H groups in total. The third-order valence-electron chi connectivity index (χ3n) is 7.94. The molecule has 1 amide bonds. The Morgan fingerprint density at radius 2 is 1.71 bits per heavy atom. The van der Waals surface area contributed by atoms with Gasteiger partial charge in [-0.3, -0.25) is 14.6 Å². The molecule has 0 saturated carbocycles.